The number of hydrogen-bond donors (Lipinski definition) is 3. The van der Waals surface area contributed by atoms with Crippen molar-refractivity contribution in [2.75, 3.05) is 20.2 Å². The van der Waals surface area contributed by atoms with E-state index in [1.807, 2.05) is 13.8 Å². The predicted molar refractivity (Wildman–Crippen MR) is 73.3 cm³/mol. The smallest absolute Gasteiger partial charge is 0.314 e. The van der Waals surface area contributed by atoms with Gasteiger partial charge in [-0.05, 0) is 18.3 Å². The molecule has 0 fully saturated rings. The molecule has 20 heavy (non-hydrogen) atoms. The van der Waals surface area contributed by atoms with Crippen LogP contribution >= 0.6 is 0 Å². The number of esters is 1. The molecule has 7 nitrogen and oxygen atoms in total. The van der Waals surface area contributed by atoms with Gasteiger partial charge in [0.15, 0.2) is 0 Å². The van der Waals surface area contributed by atoms with Gasteiger partial charge in [-0.1, -0.05) is 13.8 Å². The van der Waals surface area contributed by atoms with Crippen LogP contribution < -0.4 is 10.6 Å². The van der Waals surface area contributed by atoms with Crippen molar-refractivity contribution in [3.8, 4) is 0 Å². The number of methoxy groups -OCH3 is 1. The molecule has 0 aromatic carbocycles. The van der Waals surface area contributed by atoms with Gasteiger partial charge in [0, 0.05) is 19.5 Å². The standard InChI is InChI=1S/C13H24N2O5/c1-13(2,6-4-10(16)17)7-9-15-12(19)14-8-5-11(18)20-3/h4-9H2,1-3H3,(H,16,17)(H2,14,15,19). The molecule has 3 N–H and O–H groups in total. The molecule has 0 rings (SSSR count). The van der Waals surface area contributed by atoms with Crippen molar-refractivity contribution < 1.29 is 24.2 Å². The summed E-state index contributed by atoms with van der Waals surface area (Å²) >= 11 is 0. The summed E-state index contributed by atoms with van der Waals surface area (Å²) in [4.78, 5) is 32.7. The van der Waals surface area contributed by atoms with Crippen molar-refractivity contribution in [2.24, 2.45) is 5.41 Å². The van der Waals surface area contributed by atoms with E-state index in [4.69, 9.17) is 5.11 Å². The third kappa shape index (κ3) is 10.2. The molecule has 0 spiro atoms. The number of nitrogens with one attached hydrogen (secondary N) is 2. The highest BCUT2D eigenvalue weighted by Crippen LogP contribution is 2.25. The second-order valence-electron chi connectivity index (χ2n) is 5.32. The molecule has 0 bridgehead atoms. The van der Waals surface area contributed by atoms with Gasteiger partial charge in [0.2, 0.25) is 0 Å². The molecule has 0 unspecified atom stereocenters. The first-order chi connectivity index (χ1) is 9.26. The summed E-state index contributed by atoms with van der Waals surface area (Å²) in [6.45, 7) is 4.61. The van der Waals surface area contributed by atoms with E-state index in [-0.39, 0.29) is 36.8 Å². The van der Waals surface area contributed by atoms with E-state index in [1.165, 1.54) is 7.11 Å². The van der Waals surface area contributed by atoms with Crippen molar-refractivity contribution in [1.82, 2.24) is 10.6 Å². The number of rotatable bonds is 9. The van der Waals surface area contributed by atoms with Gasteiger partial charge in [-0.15, -0.1) is 0 Å². The van der Waals surface area contributed by atoms with E-state index in [0.29, 0.717) is 19.4 Å². The number of carboxylic acid groups (broad SMARTS) is 1. The van der Waals surface area contributed by atoms with E-state index in [0.717, 1.165) is 0 Å². The molecular formula is C13H24N2O5. The normalized spacial score (nSPS) is 10.8. The van der Waals surface area contributed by atoms with Crippen LogP contribution in [0.4, 0.5) is 4.79 Å². The van der Waals surface area contributed by atoms with Crippen LogP contribution in [0.1, 0.15) is 39.5 Å². The summed E-state index contributed by atoms with van der Waals surface area (Å²) in [5, 5.41) is 13.8. The quantitative estimate of drug-likeness (QED) is 0.552. The first-order valence-electron chi connectivity index (χ1n) is 6.57. The molecule has 0 saturated carbocycles. The Labute approximate surface area is 119 Å². The van der Waals surface area contributed by atoms with Gasteiger partial charge in [-0.2, -0.15) is 0 Å². The summed E-state index contributed by atoms with van der Waals surface area (Å²) in [5.41, 5.74) is -0.141. The van der Waals surface area contributed by atoms with Crippen molar-refractivity contribution in [1.29, 1.82) is 0 Å². The first kappa shape index (κ1) is 18.2. The van der Waals surface area contributed by atoms with Gasteiger partial charge in [0.25, 0.3) is 0 Å². The molecule has 0 saturated heterocycles. The summed E-state index contributed by atoms with van der Waals surface area (Å²) < 4.78 is 4.45. The van der Waals surface area contributed by atoms with E-state index >= 15 is 0 Å². The number of carbonyl (C=O) groups is 3. The van der Waals surface area contributed by atoms with Gasteiger partial charge >= 0.3 is 18.0 Å². The van der Waals surface area contributed by atoms with Gasteiger partial charge in [-0.25, -0.2) is 4.79 Å². The Kier molecular flexibility index (Phi) is 8.35. The minimum Gasteiger partial charge on any atom is -0.481 e. The zero-order chi connectivity index (χ0) is 15.6. The van der Waals surface area contributed by atoms with Crippen molar-refractivity contribution >= 4 is 18.0 Å². The van der Waals surface area contributed by atoms with Crippen molar-refractivity contribution in [3.05, 3.63) is 0 Å². The Balaban J connectivity index is 3.74. The van der Waals surface area contributed by atoms with Gasteiger partial charge in [0.1, 0.15) is 0 Å². The maximum Gasteiger partial charge on any atom is 0.314 e. The van der Waals surface area contributed by atoms with E-state index < -0.39 is 5.97 Å². The molecular weight excluding hydrogens is 264 g/mol. The average Bonchev–Trinajstić information content (AvgIpc) is 2.36. The van der Waals surface area contributed by atoms with Crippen molar-refractivity contribution in [2.45, 2.75) is 39.5 Å². The fourth-order valence-corrected chi connectivity index (χ4v) is 1.53. The summed E-state index contributed by atoms with van der Waals surface area (Å²) in [5.74, 6) is -1.19. The lowest BCUT2D eigenvalue weighted by molar-refractivity contribution is -0.140. The van der Waals surface area contributed by atoms with Crippen LogP contribution in [0.2, 0.25) is 0 Å². The van der Waals surface area contributed by atoms with Crippen molar-refractivity contribution in [3.63, 3.8) is 0 Å². The fourth-order valence-electron chi connectivity index (χ4n) is 1.53. The zero-order valence-corrected chi connectivity index (χ0v) is 12.3. The highest BCUT2D eigenvalue weighted by Gasteiger charge is 2.19. The molecule has 7 heteroatoms. The topological polar surface area (TPSA) is 105 Å². The van der Waals surface area contributed by atoms with Crippen LogP contribution in [-0.2, 0) is 14.3 Å². The van der Waals surface area contributed by atoms with Gasteiger partial charge in [-0.3, -0.25) is 9.59 Å². The largest absolute Gasteiger partial charge is 0.481 e. The number of carbonyl (C=O) groups excluding carboxylic acids is 2. The minimum absolute atomic E-state index is 0.123. The van der Waals surface area contributed by atoms with Gasteiger partial charge < -0.3 is 20.5 Å². The Hall–Kier alpha value is -1.79. The van der Waals surface area contributed by atoms with Crippen LogP contribution in [-0.4, -0.2) is 43.3 Å². The zero-order valence-electron chi connectivity index (χ0n) is 12.3. The van der Waals surface area contributed by atoms with Crippen LogP contribution in [0.3, 0.4) is 0 Å². The lowest BCUT2D eigenvalue weighted by Crippen LogP contribution is -2.38. The monoisotopic (exact) mass is 288 g/mol. The summed E-state index contributed by atoms with van der Waals surface area (Å²) in [6.07, 6.45) is 1.50. The Morgan fingerprint density at radius 3 is 2.20 bits per heavy atom. The first-order valence-corrected chi connectivity index (χ1v) is 6.57. The third-order valence-corrected chi connectivity index (χ3v) is 2.95. The Morgan fingerprint density at radius 1 is 1.05 bits per heavy atom. The van der Waals surface area contributed by atoms with E-state index in [2.05, 4.69) is 15.4 Å². The molecule has 0 radical (unpaired) electrons. The van der Waals surface area contributed by atoms with Gasteiger partial charge in [0.05, 0.1) is 13.5 Å². The minimum atomic E-state index is -0.813. The average molecular weight is 288 g/mol. The lowest BCUT2D eigenvalue weighted by Gasteiger charge is -2.23. The molecule has 116 valence electrons. The summed E-state index contributed by atoms with van der Waals surface area (Å²) in [6, 6.07) is -0.345. The Morgan fingerprint density at radius 2 is 1.65 bits per heavy atom. The molecule has 0 heterocycles. The lowest BCUT2D eigenvalue weighted by atomic mass is 9.84. The molecule has 0 aromatic rings. The third-order valence-electron chi connectivity index (χ3n) is 2.95. The molecule has 0 atom stereocenters. The molecule has 0 aliphatic rings. The number of aliphatic carboxylic acids is 1. The maximum atomic E-state index is 11.4. The second kappa shape index (κ2) is 9.17. The number of urea groups is 1. The van der Waals surface area contributed by atoms with E-state index in [1.54, 1.807) is 0 Å². The van der Waals surface area contributed by atoms with Crippen LogP contribution in [0, 0.1) is 5.41 Å². The SMILES string of the molecule is COC(=O)CCNC(=O)NCCC(C)(C)CCC(=O)O. The highest BCUT2D eigenvalue weighted by atomic mass is 16.5. The van der Waals surface area contributed by atoms with Crippen LogP contribution in [0.15, 0.2) is 0 Å². The number of amides is 2. The second-order valence-corrected chi connectivity index (χ2v) is 5.32. The van der Waals surface area contributed by atoms with E-state index in [9.17, 15) is 14.4 Å². The summed E-state index contributed by atoms with van der Waals surface area (Å²) in [7, 11) is 1.29. The molecule has 2 amide bonds. The molecule has 0 aliphatic heterocycles. The Bertz CT molecular complexity index is 342. The fraction of sp³-hybridized carbons (Fsp3) is 0.769. The van der Waals surface area contributed by atoms with Crippen LogP contribution in [0.5, 0.6) is 0 Å². The maximum absolute atomic E-state index is 11.4. The number of ether oxygens (including phenoxy) is 1. The predicted octanol–water partition coefficient (Wildman–Crippen LogP) is 1.13. The molecule has 0 aliphatic carbocycles. The number of hydrogen-bond acceptors (Lipinski definition) is 4. The number of carboxylic acids is 1. The molecule has 0 aromatic heterocycles. The highest BCUT2D eigenvalue weighted by molar-refractivity contribution is 5.75. The van der Waals surface area contributed by atoms with Crippen LogP contribution in [0.25, 0.3) is 0 Å².